The lowest BCUT2D eigenvalue weighted by Crippen LogP contribution is -2.38. The van der Waals surface area contributed by atoms with Crippen molar-refractivity contribution in [3.8, 4) is 0 Å². The van der Waals surface area contributed by atoms with Crippen LogP contribution in [0.1, 0.15) is 49.8 Å². The molecule has 1 aromatic heterocycles. The molecule has 1 fully saturated rings. The fourth-order valence-corrected chi connectivity index (χ4v) is 4.94. The summed E-state index contributed by atoms with van der Waals surface area (Å²) in [4.78, 5) is 12.6. The number of amides is 1. The number of nitrogens with one attached hydrogen (secondary N) is 1. The van der Waals surface area contributed by atoms with Gasteiger partial charge in [0.15, 0.2) is 5.84 Å². The quantitative estimate of drug-likeness (QED) is 0.563. The van der Waals surface area contributed by atoms with Crippen molar-refractivity contribution >= 4 is 28.0 Å². The smallest absolute Gasteiger partial charge is 0.285 e. The Bertz CT molecular complexity index is 1050. The van der Waals surface area contributed by atoms with E-state index in [-0.39, 0.29) is 35.6 Å². The van der Waals surface area contributed by atoms with Crippen LogP contribution in [0, 0.1) is 0 Å². The summed E-state index contributed by atoms with van der Waals surface area (Å²) in [5.41, 5.74) is 0.474. The lowest BCUT2D eigenvalue weighted by Gasteiger charge is -2.23. The van der Waals surface area contributed by atoms with Crippen molar-refractivity contribution in [2.75, 3.05) is 6.54 Å². The van der Waals surface area contributed by atoms with Crippen molar-refractivity contribution in [2.24, 2.45) is 9.50 Å². The summed E-state index contributed by atoms with van der Waals surface area (Å²) < 4.78 is 34.1. The van der Waals surface area contributed by atoms with Crippen molar-refractivity contribution in [1.29, 1.82) is 0 Å². The van der Waals surface area contributed by atoms with Crippen molar-refractivity contribution < 1.29 is 17.6 Å². The predicted octanol–water partition coefficient (Wildman–Crippen LogP) is 2.90. The van der Waals surface area contributed by atoms with E-state index in [2.05, 4.69) is 14.8 Å². The normalized spacial score (nSPS) is 18.2. The van der Waals surface area contributed by atoms with Gasteiger partial charge in [0, 0.05) is 18.0 Å². The summed E-state index contributed by atoms with van der Waals surface area (Å²) in [7, 11) is -3.78. The zero-order valence-corrected chi connectivity index (χ0v) is 17.3. The molecular weight excluding hydrogens is 404 g/mol. The van der Waals surface area contributed by atoms with Crippen molar-refractivity contribution in [1.82, 2.24) is 10.3 Å². The highest BCUT2D eigenvalue weighted by Crippen LogP contribution is 2.27. The van der Waals surface area contributed by atoms with Crippen molar-refractivity contribution in [3.63, 3.8) is 0 Å². The van der Waals surface area contributed by atoms with Crippen LogP contribution in [0.2, 0.25) is 0 Å². The average Bonchev–Trinajstić information content (AvgIpc) is 3.35. The molecule has 1 saturated carbocycles. The van der Waals surface area contributed by atoms with E-state index in [1.165, 1.54) is 30.0 Å². The van der Waals surface area contributed by atoms with E-state index >= 15 is 0 Å². The van der Waals surface area contributed by atoms with Crippen molar-refractivity contribution in [2.45, 2.75) is 49.5 Å². The van der Waals surface area contributed by atoms with Gasteiger partial charge in [0.25, 0.3) is 10.0 Å². The number of rotatable bonds is 6. The molecule has 1 aliphatic carbocycles. The summed E-state index contributed by atoms with van der Waals surface area (Å²) >= 11 is 0. The third-order valence-electron chi connectivity index (χ3n) is 5.25. The topological polar surface area (TPSA) is 104 Å². The second-order valence-electron chi connectivity index (χ2n) is 7.42. The number of furan rings is 1. The molecule has 2 aromatic rings. The van der Waals surface area contributed by atoms with Crippen LogP contribution in [0.4, 0.5) is 0 Å². The van der Waals surface area contributed by atoms with Gasteiger partial charge in [0.2, 0.25) is 5.91 Å². The molecule has 1 aliphatic heterocycles. The predicted molar refractivity (Wildman–Crippen MR) is 113 cm³/mol. The maximum absolute atomic E-state index is 12.5. The summed E-state index contributed by atoms with van der Waals surface area (Å²) in [5, 5.41) is 8.90. The van der Waals surface area contributed by atoms with Gasteiger partial charge in [-0.2, -0.15) is 13.5 Å². The second-order valence-corrected chi connectivity index (χ2v) is 8.99. The van der Waals surface area contributed by atoms with Gasteiger partial charge in [0.05, 0.1) is 19.0 Å². The molecule has 1 amide bonds. The molecule has 8 nitrogen and oxygen atoms in total. The van der Waals surface area contributed by atoms with E-state index < -0.39 is 10.0 Å². The Kier molecular flexibility index (Phi) is 5.98. The van der Waals surface area contributed by atoms with Gasteiger partial charge in [0.1, 0.15) is 10.7 Å². The fraction of sp³-hybridized carbons (Fsp3) is 0.381. The minimum Gasteiger partial charge on any atom is -0.463 e. The standard InChI is InChI=1S/C21H24N4O4S/c26-20(23-16-7-2-1-3-8-16)12-13-25(22-15-17-9-6-14-29-17)21-18-10-4-5-11-19(18)30(27,28)24-21/h4-6,9-11,14-16H,1-3,7-8,12-13H2,(H,23,26). The Morgan fingerprint density at radius 2 is 2.00 bits per heavy atom. The van der Waals surface area contributed by atoms with Crippen LogP contribution in [-0.4, -0.2) is 44.0 Å². The molecule has 2 aliphatic rings. The van der Waals surface area contributed by atoms with E-state index in [1.54, 1.807) is 30.3 Å². The first-order chi connectivity index (χ1) is 14.5. The Morgan fingerprint density at radius 1 is 1.20 bits per heavy atom. The minimum absolute atomic E-state index is 0.0742. The van der Waals surface area contributed by atoms with Crippen LogP contribution in [-0.2, 0) is 14.8 Å². The Hall–Kier alpha value is -2.94. The highest BCUT2D eigenvalue weighted by atomic mass is 32.2. The number of sulfonamides is 1. The number of hydrogen-bond donors (Lipinski definition) is 1. The van der Waals surface area contributed by atoms with Crippen LogP contribution >= 0.6 is 0 Å². The first kappa shape index (κ1) is 20.3. The van der Waals surface area contributed by atoms with E-state index in [1.807, 2.05) is 0 Å². The molecule has 2 heterocycles. The molecule has 1 N–H and O–H groups in total. The molecule has 0 bridgehead atoms. The molecule has 0 radical (unpaired) electrons. The molecule has 158 valence electrons. The summed E-state index contributed by atoms with van der Waals surface area (Å²) in [5.74, 6) is 0.648. The van der Waals surface area contributed by atoms with E-state index in [0.29, 0.717) is 11.3 Å². The third-order valence-corrected chi connectivity index (χ3v) is 6.57. The van der Waals surface area contributed by atoms with Crippen LogP contribution in [0.25, 0.3) is 0 Å². The van der Waals surface area contributed by atoms with Crippen LogP contribution in [0.15, 0.2) is 61.5 Å². The lowest BCUT2D eigenvalue weighted by atomic mass is 9.95. The van der Waals surface area contributed by atoms with E-state index in [0.717, 1.165) is 25.7 Å². The monoisotopic (exact) mass is 428 g/mol. The van der Waals surface area contributed by atoms with Gasteiger partial charge >= 0.3 is 0 Å². The molecule has 0 saturated heterocycles. The van der Waals surface area contributed by atoms with E-state index in [4.69, 9.17) is 4.42 Å². The number of carbonyl (C=O) groups excluding carboxylic acids is 1. The molecule has 0 spiro atoms. The third kappa shape index (κ3) is 4.62. The van der Waals surface area contributed by atoms with Gasteiger partial charge in [-0.3, -0.25) is 4.79 Å². The number of fused-ring (bicyclic) bond motifs is 1. The van der Waals surface area contributed by atoms with Gasteiger partial charge in [-0.05, 0) is 37.1 Å². The maximum atomic E-state index is 12.5. The molecule has 1 aromatic carbocycles. The van der Waals surface area contributed by atoms with Gasteiger partial charge in [-0.25, -0.2) is 5.01 Å². The number of amidine groups is 1. The Morgan fingerprint density at radius 3 is 2.77 bits per heavy atom. The van der Waals surface area contributed by atoms with Crippen LogP contribution in [0.3, 0.4) is 0 Å². The first-order valence-corrected chi connectivity index (χ1v) is 11.6. The number of carbonyl (C=O) groups is 1. The highest BCUT2D eigenvalue weighted by molar-refractivity contribution is 7.90. The average molecular weight is 429 g/mol. The number of nitrogens with zero attached hydrogens (tertiary/aromatic N) is 3. The van der Waals surface area contributed by atoms with E-state index in [9.17, 15) is 13.2 Å². The molecule has 0 atom stereocenters. The summed E-state index contributed by atoms with van der Waals surface area (Å²) in [6.45, 7) is 0.193. The van der Waals surface area contributed by atoms with Crippen molar-refractivity contribution in [3.05, 3.63) is 54.0 Å². The maximum Gasteiger partial charge on any atom is 0.285 e. The second kappa shape index (κ2) is 8.83. The SMILES string of the molecule is O=C(CCN(N=Cc1ccco1)C1=NS(=O)(=O)c2ccccc21)NC1CCCCC1. The number of hydrogen-bond acceptors (Lipinski definition) is 6. The highest BCUT2D eigenvalue weighted by Gasteiger charge is 2.32. The first-order valence-electron chi connectivity index (χ1n) is 10.1. The molecule has 4 rings (SSSR count). The Labute approximate surface area is 175 Å². The minimum atomic E-state index is -3.78. The fourth-order valence-electron chi connectivity index (χ4n) is 3.74. The molecule has 0 unspecified atom stereocenters. The Balaban J connectivity index is 1.52. The van der Waals surface area contributed by atoms with Crippen LogP contribution < -0.4 is 5.32 Å². The summed E-state index contributed by atoms with van der Waals surface area (Å²) in [6.07, 6.45) is 8.68. The van der Waals surface area contributed by atoms with Gasteiger partial charge < -0.3 is 9.73 Å². The number of hydrazone groups is 1. The molecular formula is C21H24N4O4S. The largest absolute Gasteiger partial charge is 0.463 e. The lowest BCUT2D eigenvalue weighted by molar-refractivity contribution is -0.122. The molecule has 9 heteroatoms. The summed E-state index contributed by atoms with van der Waals surface area (Å²) in [6, 6.07) is 10.3. The number of benzene rings is 1. The molecule has 30 heavy (non-hydrogen) atoms. The zero-order valence-electron chi connectivity index (χ0n) is 16.5. The van der Waals surface area contributed by atoms with Crippen LogP contribution in [0.5, 0.6) is 0 Å². The van der Waals surface area contributed by atoms with Gasteiger partial charge in [-0.1, -0.05) is 31.4 Å². The van der Waals surface area contributed by atoms with Gasteiger partial charge in [-0.15, -0.1) is 4.40 Å². The zero-order chi connectivity index (χ0) is 21.0.